The maximum atomic E-state index is 10.9. The topological polar surface area (TPSA) is 66.4 Å². The minimum atomic E-state index is -3.41. The minimum absolute atomic E-state index is 0.0578. The van der Waals surface area contributed by atoms with E-state index in [1.807, 2.05) is 0 Å². The molecule has 0 spiro atoms. The highest BCUT2D eigenvalue weighted by Gasteiger charge is 2.07. The molecule has 0 saturated heterocycles. The predicted molar refractivity (Wildman–Crippen MR) is 57.2 cm³/mol. The fourth-order valence-electron chi connectivity index (χ4n) is 0.691. The standard InChI is InChI=1S/C9H13NO3S/c1-4-6-8(9(11)7-5-2)10-14(3,12)13/h4-7,10-11H,1-2H2,3H3/b8-6+,9-7+. The summed E-state index contributed by atoms with van der Waals surface area (Å²) in [5.74, 6) is -0.217. The van der Waals surface area contributed by atoms with Gasteiger partial charge in [0.1, 0.15) is 5.76 Å². The summed E-state index contributed by atoms with van der Waals surface area (Å²) in [4.78, 5) is 0. The predicted octanol–water partition coefficient (Wildman–Crippen LogP) is 1.23. The minimum Gasteiger partial charge on any atom is -0.506 e. The van der Waals surface area contributed by atoms with Crippen LogP contribution in [0.3, 0.4) is 0 Å². The lowest BCUT2D eigenvalue weighted by atomic mass is 10.3. The fourth-order valence-corrected chi connectivity index (χ4v) is 1.26. The molecule has 2 N–H and O–H groups in total. The van der Waals surface area contributed by atoms with Crippen LogP contribution in [0, 0.1) is 0 Å². The normalized spacial score (nSPS) is 13.5. The van der Waals surface area contributed by atoms with Gasteiger partial charge >= 0.3 is 0 Å². The number of rotatable bonds is 5. The van der Waals surface area contributed by atoms with Gasteiger partial charge in [-0.15, -0.1) is 0 Å². The van der Waals surface area contributed by atoms with Gasteiger partial charge in [0.2, 0.25) is 10.0 Å². The molecule has 0 radical (unpaired) electrons. The zero-order chi connectivity index (χ0) is 11.2. The number of hydrogen-bond acceptors (Lipinski definition) is 3. The number of allylic oxidation sites excluding steroid dienone is 4. The summed E-state index contributed by atoms with van der Waals surface area (Å²) in [5.41, 5.74) is 0.0578. The van der Waals surface area contributed by atoms with E-state index in [2.05, 4.69) is 17.9 Å². The van der Waals surface area contributed by atoms with Crippen molar-refractivity contribution >= 4 is 10.0 Å². The van der Waals surface area contributed by atoms with Crippen LogP contribution in [-0.4, -0.2) is 19.8 Å². The third kappa shape index (κ3) is 5.21. The van der Waals surface area contributed by atoms with Gasteiger partial charge in [0, 0.05) is 0 Å². The highest BCUT2D eigenvalue weighted by atomic mass is 32.2. The van der Waals surface area contributed by atoms with Gasteiger partial charge in [-0.25, -0.2) is 8.42 Å². The molecule has 0 aliphatic rings. The highest BCUT2D eigenvalue weighted by Crippen LogP contribution is 2.04. The summed E-state index contributed by atoms with van der Waals surface area (Å²) in [6, 6.07) is 0. The second-order valence-electron chi connectivity index (χ2n) is 2.48. The Morgan fingerprint density at radius 3 is 2.14 bits per heavy atom. The van der Waals surface area contributed by atoms with Crippen LogP contribution in [0.5, 0.6) is 0 Å². The molecular formula is C9H13NO3S. The average molecular weight is 215 g/mol. The molecule has 0 bridgehead atoms. The molecule has 0 aromatic rings. The van der Waals surface area contributed by atoms with Crippen molar-refractivity contribution in [1.29, 1.82) is 0 Å². The van der Waals surface area contributed by atoms with Crippen molar-refractivity contribution in [2.45, 2.75) is 0 Å². The lowest BCUT2D eigenvalue weighted by Gasteiger charge is -2.06. The quantitative estimate of drug-likeness (QED) is 0.535. The van der Waals surface area contributed by atoms with E-state index in [9.17, 15) is 13.5 Å². The molecule has 0 aromatic carbocycles. The van der Waals surface area contributed by atoms with Crippen molar-refractivity contribution in [3.05, 3.63) is 48.9 Å². The second kappa shape index (κ2) is 5.29. The molecule has 5 heteroatoms. The van der Waals surface area contributed by atoms with Crippen LogP contribution in [0.4, 0.5) is 0 Å². The van der Waals surface area contributed by atoms with Crippen molar-refractivity contribution in [2.24, 2.45) is 0 Å². The van der Waals surface area contributed by atoms with Crippen molar-refractivity contribution in [3.8, 4) is 0 Å². The molecule has 0 fully saturated rings. The van der Waals surface area contributed by atoms with Crippen LogP contribution < -0.4 is 4.72 Å². The largest absolute Gasteiger partial charge is 0.506 e. The second-order valence-corrected chi connectivity index (χ2v) is 4.23. The van der Waals surface area contributed by atoms with Gasteiger partial charge in [0.05, 0.1) is 12.0 Å². The van der Waals surface area contributed by atoms with E-state index in [1.54, 1.807) is 0 Å². The fraction of sp³-hybridized carbons (Fsp3) is 0.111. The van der Waals surface area contributed by atoms with Gasteiger partial charge in [-0.05, 0) is 12.2 Å². The summed E-state index contributed by atoms with van der Waals surface area (Å²) in [5, 5.41) is 9.35. The molecule has 0 unspecified atom stereocenters. The van der Waals surface area contributed by atoms with Crippen LogP contribution in [0.2, 0.25) is 0 Å². The zero-order valence-electron chi connectivity index (χ0n) is 7.90. The monoisotopic (exact) mass is 215 g/mol. The molecule has 0 rings (SSSR count). The van der Waals surface area contributed by atoms with E-state index in [-0.39, 0.29) is 11.5 Å². The molecule has 0 amide bonds. The highest BCUT2D eigenvalue weighted by molar-refractivity contribution is 7.88. The number of sulfonamides is 1. The summed E-state index contributed by atoms with van der Waals surface area (Å²) < 4.78 is 23.9. The van der Waals surface area contributed by atoms with Gasteiger partial charge in [0.25, 0.3) is 0 Å². The Morgan fingerprint density at radius 2 is 1.79 bits per heavy atom. The maximum absolute atomic E-state index is 10.9. The van der Waals surface area contributed by atoms with Crippen LogP contribution in [0.15, 0.2) is 48.9 Å². The smallest absolute Gasteiger partial charge is 0.229 e. The molecule has 0 aliphatic carbocycles. The first-order valence-electron chi connectivity index (χ1n) is 3.73. The maximum Gasteiger partial charge on any atom is 0.229 e. The first-order chi connectivity index (χ1) is 6.40. The summed E-state index contributed by atoms with van der Waals surface area (Å²) >= 11 is 0. The molecule has 0 aliphatic heterocycles. The van der Waals surface area contributed by atoms with E-state index in [0.29, 0.717) is 0 Å². The Bertz CT molecular complexity index is 377. The summed E-state index contributed by atoms with van der Waals surface area (Å²) in [6.45, 7) is 6.77. The van der Waals surface area contributed by atoms with Crippen LogP contribution in [0.25, 0.3) is 0 Å². The van der Waals surface area contributed by atoms with E-state index >= 15 is 0 Å². The SMILES string of the molecule is C=C/C=C(O)\C(=C/C=C)NS(C)(=O)=O. The third-order valence-electron chi connectivity index (χ3n) is 1.13. The molecular weight excluding hydrogens is 202 g/mol. The molecule has 14 heavy (non-hydrogen) atoms. The number of aliphatic hydroxyl groups is 1. The molecule has 0 atom stereocenters. The zero-order valence-corrected chi connectivity index (χ0v) is 8.71. The van der Waals surface area contributed by atoms with E-state index in [0.717, 1.165) is 6.26 Å². The lowest BCUT2D eigenvalue weighted by molar-refractivity contribution is 0.419. The Labute approximate surface area is 84.0 Å². The molecule has 78 valence electrons. The summed E-state index contributed by atoms with van der Waals surface area (Å²) in [7, 11) is -3.41. The number of hydrogen-bond donors (Lipinski definition) is 2. The first kappa shape index (κ1) is 12.5. The Morgan fingerprint density at radius 1 is 1.29 bits per heavy atom. The van der Waals surface area contributed by atoms with E-state index < -0.39 is 10.0 Å². The Hall–Kier alpha value is -1.49. The van der Waals surface area contributed by atoms with Crippen molar-refractivity contribution in [1.82, 2.24) is 4.72 Å². The third-order valence-corrected chi connectivity index (χ3v) is 1.72. The van der Waals surface area contributed by atoms with Gasteiger partial charge in [-0.1, -0.05) is 25.3 Å². The molecule has 0 saturated carbocycles. The van der Waals surface area contributed by atoms with Crippen molar-refractivity contribution in [3.63, 3.8) is 0 Å². The lowest BCUT2D eigenvalue weighted by Crippen LogP contribution is -2.22. The number of aliphatic hydroxyl groups excluding tert-OH is 1. The van der Waals surface area contributed by atoms with Crippen LogP contribution in [0.1, 0.15) is 0 Å². The number of nitrogens with one attached hydrogen (secondary N) is 1. The van der Waals surface area contributed by atoms with Crippen molar-refractivity contribution in [2.75, 3.05) is 6.26 Å². The average Bonchev–Trinajstić information content (AvgIpc) is 2.01. The Balaban J connectivity index is 4.99. The van der Waals surface area contributed by atoms with Gasteiger partial charge in [0.15, 0.2) is 0 Å². The first-order valence-corrected chi connectivity index (χ1v) is 5.62. The van der Waals surface area contributed by atoms with Crippen LogP contribution in [-0.2, 0) is 10.0 Å². The van der Waals surface area contributed by atoms with Crippen LogP contribution >= 0.6 is 0 Å². The Kier molecular flexibility index (Phi) is 4.72. The van der Waals surface area contributed by atoms with Crippen molar-refractivity contribution < 1.29 is 13.5 Å². The van der Waals surface area contributed by atoms with Gasteiger partial charge < -0.3 is 5.11 Å². The van der Waals surface area contributed by atoms with Gasteiger partial charge in [-0.3, -0.25) is 4.72 Å². The molecule has 0 aromatic heterocycles. The molecule has 0 heterocycles. The van der Waals surface area contributed by atoms with E-state index in [4.69, 9.17) is 0 Å². The summed E-state index contributed by atoms with van der Waals surface area (Å²) in [6.07, 6.45) is 6.31. The van der Waals surface area contributed by atoms with Gasteiger partial charge in [-0.2, -0.15) is 0 Å². The molecule has 4 nitrogen and oxygen atoms in total. The van der Waals surface area contributed by atoms with E-state index in [1.165, 1.54) is 24.3 Å².